The van der Waals surface area contributed by atoms with Crippen molar-refractivity contribution < 1.29 is 9.59 Å². The molecule has 0 radical (unpaired) electrons. The summed E-state index contributed by atoms with van der Waals surface area (Å²) in [5, 5.41) is 15.7. The number of carbonyl (C=O) groups is 2. The lowest BCUT2D eigenvalue weighted by atomic mass is 9.87. The zero-order chi connectivity index (χ0) is 20.1. The van der Waals surface area contributed by atoms with E-state index in [1.165, 1.54) is 11.8 Å². The predicted molar refractivity (Wildman–Crippen MR) is 115 cm³/mol. The molecular formula is C21H18BrN3O2S. The fourth-order valence-corrected chi connectivity index (χ4v) is 4.03. The lowest BCUT2D eigenvalue weighted by Crippen LogP contribution is -2.31. The number of benzene rings is 2. The second-order valence-corrected chi connectivity index (χ2v) is 8.32. The Kier molecular flexibility index (Phi) is 6.55. The van der Waals surface area contributed by atoms with Gasteiger partial charge in [0.2, 0.25) is 11.8 Å². The van der Waals surface area contributed by atoms with Gasteiger partial charge in [-0.1, -0.05) is 57.5 Å². The summed E-state index contributed by atoms with van der Waals surface area (Å²) in [5.74, 6) is -0.558. The van der Waals surface area contributed by atoms with Crippen molar-refractivity contribution in [3.63, 3.8) is 0 Å². The highest BCUT2D eigenvalue weighted by Gasteiger charge is 2.29. The summed E-state index contributed by atoms with van der Waals surface area (Å²) in [6, 6.07) is 17.3. The molecule has 3 rings (SSSR count). The van der Waals surface area contributed by atoms with Gasteiger partial charge < -0.3 is 10.6 Å². The van der Waals surface area contributed by atoms with Crippen molar-refractivity contribution >= 4 is 45.2 Å². The minimum atomic E-state index is -0.295. The molecule has 2 aromatic carbocycles. The third-order valence-electron chi connectivity index (χ3n) is 4.31. The second kappa shape index (κ2) is 9.09. The van der Waals surface area contributed by atoms with Gasteiger partial charge in [0.1, 0.15) is 0 Å². The topological polar surface area (TPSA) is 82.0 Å². The molecule has 5 nitrogen and oxygen atoms in total. The standard InChI is InChI=1S/C21H18BrN3O2S/c1-13-2-4-14(5-3-13)17-10-19(26)25-21(18(17)11-23)28-12-20(27)24-16-8-6-15(22)7-9-16/h2-9,17H,10,12H2,1H3,(H,24,27)(H,25,26)/t17-/m0/s1. The highest BCUT2D eigenvalue weighted by Crippen LogP contribution is 2.36. The molecule has 0 aliphatic carbocycles. The first-order valence-electron chi connectivity index (χ1n) is 8.65. The number of amides is 2. The summed E-state index contributed by atoms with van der Waals surface area (Å²) in [7, 11) is 0. The van der Waals surface area contributed by atoms with Crippen LogP contribution in [0.1, 0.15) is 23.5 Å². The van der Waals surface area contributed by atoms with Crippen molar-refractivity contribution in [2.45, 2.75) is 19.3 Å². The highest BCUT2D eigenvalue weighted by molar-refractivity contribution is 9.10. The van der Waals surface area contributed by atoms with Crippen LogP contribution >= 0.6 is 27.7 Å². The number of carbonyl (C=O) groups excluding carboxylic acids is 2. The maximum atomic E-state index is 12.2. The summed E-state index contributed by atoms with van der Waals surface area (Å²) >= 11 is 4.52. The van der Waals surface area contributed by atoms with Crippen LogP contribution in [-0.2, 0) is 9.59 Å². The first kappa shape index (κ1) is 20.2. The molecule has 7 heteroatoms. The van der Waals surface area contributed by atoms with E-state index in [4.69, 9.17) is 0 Å². The van der Waals surface area contributed by atoms with E-state index in [0.29, 0.717) is 16.3 Å². The number of nitriles is 1. The van der Waals surface area contributed by atoms with Crippen LogP contribution in [0, 0.1) is 18.3 Å². The van der Waals surface area contributed by atoms with Gasteiger partial charge in [0.15, 0.2) is 0 Å². The van der Waals surface area contributed by atoms with Crippen LogP contribution in [0.2, 0.25) is 0 Å². The SMILES string of the molecule is Cc1ccc([C@@H]2CC(=O)NC(SCC(=O)Nc3ccc(Br)cc3)=C2C#N)cc1. The van der Waals surface area contributed by atoms with Crippen LogP contribution in [0.4, 0.5) is 5.69 Å². The van der Waals surface area contributed by atoms with Crippen LogP contribution in [0.15, 0.2) is 63.6 Å². The molecular weight excluding hydrogens is 438 g/mol. The summed E-state index contributed by atoms with van der Waals surface area (Å²) < 4.78 is 0.927. The predicted octanol–water partition coefficient (Wildman–Crippen LogP) is 4.47. The van der Waals surface area contributed by atoms with Crippen molar-refractivity contribution in [3.8, 4) is 6.07 Å². The average Bonchev–Trinajstić information content (AvgIpc) is 2.68. The Bertz CT molecular complexity index is 963. The van der Waals surface area contributed by atoms with Crippen LogP contribution < -0.4 is 10.6 Å². The Labute approximate surface area is 176 Å². The zero-order valence-corrected chi connectivity index (χ0v) is 17.6. The fourth-order valence-electron chi connectivity index (χ4n) is 2.88. The molecule has 2 amide bonds. The van der Waals surface area contributed by atoms with Gasteiger partial charge in [-0.05, 0) is 36.8 Å². The highest BCUT2D eigenvalue weighted by atomic mass is 79.9. The van der Waals surface area contributed by atoms with Crippen LogP contribution in [0.25, 0.3) is 0 Å². The van der Waals surface area contributed by atoms with Gasteiger partial charge in [-0.15, -0.1) is 0 Å². The van der Waals surface area contributed by atoms with E-state index >= 15 is 0 Å². The molecule has 0 saturated carbocycles. The zero-order valence-electron chi connectivity index (χ0n) is 15.2. The minimum absolute atomic E-state index is 0.0947. The number of nitrogens with one attached hydrogen (secondary N) is 2. The van der Waals surface area contributed by atoms with Gasteiger partial charge >= 0.3 is 0 Å². The molecule has 0 unspecified atom stereocenters. The van der Waals surface area contributed by atoms with Gasteiger partial charge in [0.25, 0.3) is 0 Å². The van der Waals surface area contributed by atoms with Crippen LogP contribution in [-0.4, -0.2) is 17.6 Å². The number of hydrogen-bond acceptors (Lipinski definition) is 4. The third-order valence-corrected chi connectivity index (χ3v) is 5.86. The number of anilines is 1. The number of halogens is 1. The van der Waals surface area contributed by atoms with Crippen LogP contribution in [0.5, 0.6) is 0 Å². The van der Waals surface area contributed by atoms with E-state index < -0.39 is 0 Å². The van der Waals surface area contributed by atoms with E-state index in [9.17, 15) is 14.9 Å². The Morgan fingerprint density at radius 2 is 1.93 bits per heavy atom. The number of nitrogens with zero attached hydrogens (tertiary/aromatic N) is 1. The first-order valence-corrected chi connectivity index (χ1v) is 10.4. The van der Waals surface area contributed by atoms with E-state index in [1.54, 1.807) is 12.1 Å². The molecule has 28 heavy (non-hydrogen) atoms. The molecule has 0 saturated heterocycles. The molecule has 2 aromatic rings. The molecule has 0 bridgehead atoms. The lowest BCUT2D eigenvalue weighted by molar-refractivity contribution is -0.121. The van der Waals surface area contributed by atoms with Gasteiger partial charge in [0.05, 0.1) is 22.4 Å². The Morgan fingerprint density at radius 3 is 2.57 bits per heavy atom. The van der Waals surface area contributed by atoms with Gasteiger partial charge in [-0.25, -0.2) is 0 Å². The summed E-state index contributed by atoms with van der Waals surface area (Å²) in [4.78, 5) is 24.4. The molecule has 142 valence electrons. The molecule has 1 aliphatic rings. The van der Waals surface area contributed by atoms with Gasteiger partial charge in [-0.3, -0.25) is 9.59 Å². The smallest absolute Gasteiger partial charge is 0.234 e. The molecule has 0 aromatic heterocycles. The third kappa shape index (κ3) is 5.03. The van der Waals surface area contributed by atoms with Crippen molar-refractivity contribution in [1.29, 1.82) is 5.26 Å². The lowest BCUT2D eigenvalue weighted by Gasteiger charge is -2.25. The number of allylic oxidation sites excluding steroid dienone is 1. The maximum Gasteiger partial charge on any atom is 0.234 e. The molecule has 0 fully saturated rings. The number of hydrogen-bond donors (Lipinski definition) is 2. The summed E-state index contributed by atoms with van der Waals surface area (Å²) in [6.45, 7) is 1.99. The van der Waals surface area contributed by atoms with Crippen molar-refractivity contribution in [3.05, 3.63) is 74.7 Å². The van der Waals surface area contributed by atoms with Crippen LogP contribution in [0.3, 0.4) is 0 Å². The first-order chi connectivity index (χ1) is 13.5. The molecule has 0 spiro atoms. The normalized spacial score (nSPS) is 16.3. The van der Waals surface area contributed by atoms with E-state index in [1.807, 2.05) is 43.3 Å². The number of aryl methyl sites for hydroxylation is 1. The Morgan fingerprint density at radius 1 is 1.25 bits per heavy atom. The number of rotatable bonds is 5. The molecule has 1 aliphatic heterocycles. The molecule has 1 atom stereocenters. The van der Waals surface area contributed by atoms with Crippen molar-refractivity contribution in [1.82, 2.24) is 5.32 Å². The Balaban J connectivity index is 1.73. The quantitative estimate of drug-likeness (QED) is 0.696. The average molecular weight is 456 g/mol. The van der Waals surface area contributed by atoms with E-state index in [2.05, 4.69) is 32.6 Å². The maximum absolute atomic E-state index is 12.2. The largest absolute Gasteiger partial charge is 0.325 e. The minimum Gasteiger partial charge on any atom is -0.325 e. The number of thioether (sulfide) groups is 1. The van der Waals surface area contributed by atoms with E-state index in [-0.39, 0.29) is 29.9 Å². The molecule has 1 heterocycles. The van der Waals surface area contributed by atoms with Gasteiger partial charge in [0, 0.05) is 22.5 Å². The van der Waals surface area contributed by atoms with E-state index in [0.717, 1.165) is 15.6 Å². The van der Waals surface area contributed by atoms with Gasteiger partial charge in [-0.2, -0.15) is 5.26 Å². The fraction of sp³-hybridized carbons (Fsp3) is 0.190. The summed E-state index contributed by atoms with van der Waals surface area (Å²) in [6.07, 6.45) is 0.223. The monoisotopic (exact) mass is 455 g/mol. The van der Waals surface area contributed by atoms with Crippen molar-refractivity contribution in [2.75, 3.05) is 11.1 Å². The summed E-state index contributed by atoms with van der Waals surface area (Å²) in [5.41, 5.74) is 3.22. The molecule has 2 N–H and O–H groups in total. The Hall–Kier alpha value is -2.56. The second-order valence-electron chi connectivity index (χ2n) is 6.41. The van der Waals surface area contributed by atoms with Crippen molar-refractivity contribution in [2.24, 2.45) is 0 Å².